The predicted molar refractivity (Wildman–Crippen MR) is 81.4 cm³/mol. The van der Waals surface area contributed by atoms with Gasteiger partial charge in [0.1, 0.15) is 0 Å². The van der Waals surface area contributed by atoms with E-state index in [0.29, 0.717) is 16.1 Å². The smallest absolute Gasteiger partial charge is 0.320 e. The summed E-state index contributed by atoms with van der Waals surface area (Å²) in [5.74, 6) is 0. The zero-order valence-corrected chi connectivity index (χ0v) is 13.4. The number of nitrogens with two attached hydrogens (primary N) is 1. The maximum Gasteiger partial charge on any atom is 0.416 e. The molecule has 0 fully saturated rings. The van der Waals surface area contributed by atoms with Gasteiger partial charge in [0.25, 0.3) is 0 Å². The third-order valence-electron chi connectivity index (χ3n) is 3.23. The van der Waals surface area contributed by atoms with Crippen LogP contribution in [0.1, 0.15) is 28.3 Å². The molecule has 2 N–H and O–H groups in total. The second-order valence-corrected chi connectivity index (χ2v) is 6.00. The molecule has 21 heavy (non-hydrogen) atoms. The van der Waals surface area contributed by atoms with Crippen molar-refractivity contribution in [2.24, 2.45) is 5.73 Å². The molecule has 2 aromatic carbocycles. The van der Waals surface area contributed by atoms with Gasteiger partial charge in [-0.05, 0) is 47.9 Å². The fourth-order valence-corrected chi connectivity index (χ4v) is 3.05. The minimum absolute atomic E-state index is 0.499. The van der Waals surface area contributed by atoms with Crippen LogP contribution in [0.3, 0.4) is 0 Å². The van der Waals surface area contributed by atoms with Gasteiger partial charge in [0.05, 0.1) is 11.6 Å². The molecule has 0 bridgehead atoms. The Morgan fingerprint density at radius 3 is 2.24 bits per heavy atom. The number of alkyl halides is 3. The van der Waals surface area contributed by atoms with Crippen LogP contribution in [0.5, 0.6) is 0 Å². The van der Waals surface area contributed by atoms with Gasteiger partial charge >= 0.3 is 6.18 Å². The summed E-state index contributed by atoms with van der Waals surface area (Å²) >= 11 is 9.25. The van der Waals surface area contributed by atoms with Crippen molar-refractivity contribution >= 4 is 27.5 Å². The van der Waals surface area contributed by atoms with Gasteiger partial charge in [-0.3, -0.25) is 0 Å². The van der Waals surface area contributed by atoms with Crippen LogP contribution >= 0.6 is 27.5 Å². The van der Waals surface area contributed by atoms with Crippen molar-refractivity contribution in [3.8, 4) is 0 Å². The van der Waals surface area contributed by atoms with Crippen molar-refractivity contribution < 1.29 is 13.2 Å². The van der Waals surface area contributed by atoms with Crippen LogP contribution in [0, 0.1) is 6.92 Å². The van der Waals surface area contributed by atoms with E-state index in [1.807, 2.05) is 0 Å². The highest BCUT2D eigenvalue weighted by Gasteiger charge is 2.31. The molecule has 0 saturated carbocycles. The van der Waals surface area contributed by atoms with E-state index < -0.39 is 17.8 Å². The van der Waals surface area contributed by atoms with Crippen molar-refractivity contribution in [1.29, 1.82) is 0 Å². The van der Waals surface area contributed by atoms with Crippen LogP contribution in [0.4, 0.5) is 13.2 Å². The van der Waals surface area contributed by atoms with Crippen molar-refractivity contribution in [2.75, 3.05) is 0 Å². The quantitative estimate of drug-likeness (QED) is 0.736. The first-order valence-corrected chi connectivity index (χ1v) is 7.25. The number of hydrogen-bond donors (Lipinski definition) is 1. The topological polar surface area (TPSA) is 26.0 Å². The van der Waals surface area contributed by atoms with Crippen molar-refractivity contribution in [3.05, 3.63) is 68.1 Å². The highest BCUT2D eigenvalue weighted by molar-refractivity contribution is 9.10. The van der Waals surface area contributed by atoms with E-state index in [1.54, 1.807) is 25.1 Å². The lowest BCUT2D eigenvalue weighted by atomic mass is 9.94. The lowest BCUT2D eigenvalue weighted by Gasteiger charge is -2.18. The summed E-state index contributed by atoms with van der Waals surface area (Å²) in [6.45, 7) is 1.62. The van der Waals surface area contributed by atoms with Crippen molar-refractivity contribution in [2.45, 2.75) is 19.1 Å². The molecule has 0 aliphatic carbocycles. The summed E-state index contributed by atoms with van der Waals surface area (Å²) < 4.78 is 38.8. The lowest BCUT2D eigenvalue weighted by molar-refractivity contribution is -0.137. The Labute approximate surface area is 134 Å². The van der Waals surface area contributed by atoms with Crippen LogP contribution < -0.4 is 5.73 Å². The Morgan fingerprint density at radius 2 is 1.71 bits per heavy atom. The zero-order chi connectivity index (χ0) is 15.8. The number of aryl methyl sites for hydroxylation is 1. The monoisotopic (exact) mass is 377 g/mol. The van der Waals surface area contributed by atoms with Gasteiger partial charge in [-0.2, -0.15) is 13.2 Å². The summed E-state index contributed by atoms with van der Waals surface area (Å²) in [4.78, 5) is 0. The molecule has 1 atom stereocenters. The second kappa shape index (κ2) is 5.99. The largest absolute Gasteiger partial charge is 0.416 e. The number of benzene rings is 2. The van der Waals surface area contributed by atoms with Gasteiger partial charge in [0.15, 0.2) is 0 Å². The van der Waals surface area contributed by atoms with E-state index >= 15 is 0 Å². The molecule has 0 heterocycles. The fourth-order valence-electron chi connectivity index (χ4n) is 2.12. The minimum atomic E-state index is -4.35. The molecular weight excluding hydrogens is 367 g/mol. The molecule has 0 aromatic heterocycles. The van der Waals surface area contributed by atoms with E-state index in [4.69, 9.17) is 17.3 Å². The maximum absolute atomic E-state index is 12.7. The minimum Gasteiger partial charge on any atom is -0.320 e. The molecule has 1 nitrogen and oxygen atoms in total. The third-order valence-corrected chi connectivity index (χ3v) is 4.15. The molecular formula is C15H12BrClF3N. The molecule has 0 spiro atoms. The van der Waals surface area contributed by atoms with Crippen LogP contribution in [-0.2, 0) is 6.18 Å². The lowest BCUT2D eigenvalue weighted by Crippen LogP contribution is -2.15. The average Bonchev–Trinajstić information content (AvgIpc) is 2.36. The molecule has 0 aliphatic heterocycles. The van der Waals surface area contributed by atoms with Gasteiger partial charge < -0.3 is 5.73 Å². The highest BCUT2D eigenvalue weighted by atomic mass is 79.9. The van der Waals surface area contributed by atoms with Gasteiger partial charge in [0.2, 0.25) is 0 Å². The van der Waals surface area contributed by atoms with Crippen LogP contribution in [-0.4, -0.2) is 0 Å². The van der Waals surface area contributed by atoms with Gasteiger partial charge in [0, 0.05) is 9.50 Å². The summed E-state index contributed by atoms with van der Waals surface area (Å²) in [5.41, 5.74) is 7.41. The molecule has 0 radical (unpaired) electrons. The van der Waals surface area contributed by atoms with E-state index in [9.17, 15) is 13.2 Å². The maximum atomic E-state index is 12.7. The third kappa shape index (κ3) is 3.59. The molecule has 0 saturated heterocycles. The van der Waals surface area contributed by atoms with Crippen molar-refractivity contribution in [3.63, 3.8) is 0 Å². The summed E-state index contributed by atoms with van der Waals surface area (Å²) in [6, 6.07) is 8.21. The Morgan fingerprint density at radius 1 is 1.10 bits per heavy atom. The normalized spacial score (nSPS) is 13.3. The molecule has 6 heteroatoms. The standard InChI is InChI=1S/C15H12BrClF3N/c1-8-6-9(15(18,19)20)2-4-11(8)14(21)12-5-3-10(17)7-13(12)16/h2-7,14H,21H2,1H3. The van der Waals surface area contributed by atoms with Crippen LogP contribution in [0.25, 0.3) is 0 Å². The van der Waals surface area contributed by atoms with E-state index in [2.05, 4.69) is 15.9 Å². The van der Waals surface area contributed by atoms with E-state index in [-0.39, 0.29) is 0 Å². The van der Waals surface area contributed by atoms with E-state index in [1.165, 1.54) is 6.07 Å². The fraction of sp³-hybridized carbons (Fsp3) is 0.200. The Hall–Kier alpha value is -1.04. The summed E-state index contributed by atoms with van der Waals surface area (Å²) in [7, 11) is 0. The summed E-state index contributed by atoms with van der Waals surface area (Å²) in [6.07, 6.45) is -4.35. The van der Waals surface area contributed by atoms with Gasteiger partial charge in [-0.1, -0.05) is 39.7 Å². The molecule has 2 rings (SSSR count). The second-order valence-electron chi connectivity index (χ2n) is 4.71. The SMILES string of the molecule is Cc1cc(C(F)(F)F)ccc1C(N)c1ccc(Cl)cc1Br. The first-order chi connectivity index (χ1) is 9.70. The zero-order valence-electron chi connectivity index (χ0n) is 11.0. The number of halogens is 5. The van der Waals surface area contributed by atoms with Gasteiger partial charge in [-0.15, -0.1) is 0 Å². The molecule has 2 aromatic rings. The number of hydrogen-bond acceptors (Lipinski definition) is 1. The number of rotatable bonds is 2. The Balaban J connectivity index is 2.42. The van der Waals surface area contributed by atoms with E-state index in [0.717, 1.165) is 22.2 Å². The highest BCUT2D eigenvalue weighted by Crippen LogP contribution is 2.34. The van der Waals surface area contributed by atoms with Crippen molar-refractivity contribution in [1.82, 2.24) is 0 Å². The average molecular weight is 379 g/mol. The van der Waals surface area contributed by atoms with Crippen LogP contribution in [0.2, 0.25) is 5.02 Å². The Kier molecular flexibility index (Phi) is 4.66. The summed E-state index contributed by atoms with van der Waals surface area (Å²) in [5, 5.41) is 0.557. The molecule has 1 unspecified atom stereocenters. The molecule has 112 valence electrons. The molecule has 0 amide bonds. The predicted octanol–water partition coefficient (Wildman–Crippen LogP) is 5.48. The Bertz CT molecular complexity index is 670. The first-order valence-electron chi connectivity index (χ1n) is 6.08. The first kappa shape index (κ1) is 16.3. The molecule has 0 aliphatic rings. The van der Waals surface area contributed by atoms with Gasteiger partial charge in [-0.25, -0.2) is 0 Å². The van der Waals surface area contributed by atoms with Crippen LogP contribution in [0.15, 0.2) is 40.9 Å².